The van der Waals surface area contributed by atoms with Crippen molar-refractivity contribution in [2.45, 2.75) is 13.0 Å². The molecule has 1 amide bonds. The predicted molar refractivity (Wildman–Crippen MR) is 71.2 cm³/mol. The van der Waals surface area contributed by atoms with Crippen molar-refractivity contribution in [2.24, 2.45) is 0 Å². The highest BCUT2D eigenvalue weighted by molar-refractivity contribution is 5.94. The number of halogens is 2. The van der Waals surface area contributed by atoms with Gasteiger partial charge in [-0.05, 0) is 30.7 Å². The van der Waals surface area contributed by atoms with Crippen LogP contribution in [0, 0.1) is 23.1 Å². The van der Waals surface area contributed by atoms with Gasteiger partial charge in [0.25, 0.3) is 5.91 Å². The lowest BCUT2D eigenvalue weighted by Gasteiger charge is -2.14. The molecule has 0 bridgehead atoms. The number of amides is 1. The van der Waals surface area contributed by atoms with Gasteiger partial charge in [0.2, 0.25) is 5.95 Å². The molecule has 2 aromatic rings. The summed E-state index contributed by atoms with van der Waals surface area (Å²) < 4.78 is 26.4. The number of pyridine rings is 1. The second-order valence-electron chi connectivity index (χ2n) is 4.42. The first-order valence-electron chi connectivity index (χ1n) is 6.13. The van der Waals surface area contributed by atoms with Crippen molar-refractivity contribution in [1.29, 1.82) is 5.26 Å². The Morgan fingerprint density at radius 1 is 1.33 bits per heavy atom. The van der Waals surface area contributed by atoms with Gasteiger partial charge >= 0.3 is 0 Å². The van der Waals surface area contributed by atoms with E-state index in [1.807, 2.05) is 0 Å². The molecule has 0 spiro atoms. The molecule has 0 unspecified atom stereocenters. The Morgan fingerprint density at radius 2 is 2.00 bits per heavy atom. The maximum Gasteiger partial charge on any atom is 0.256 e. The van der Waals surface area contributed by atoms with Gasteiger partial charge in [-0.1, -0.05) is 12.1 Å². The van der Waals surface area contributed by atoms with Crippen LogP contribution in [-0.2, 0) is 0 Å². The Kier molecular flexibility index (Phi) is 4.24. The van der Waals surface area contributed by atoms with Gasteiger partial charge in [0.1, 0.15) is 11.9 Å². The summed E-state index contributed by atoms with van der Waals surface area (Å²) in [5.74, 6) is -2.01. The van der Waals surface area contributed by atoms with E-state index in [2.05, 4.69) is 10.3 Å². The minimum Gasteiger partial charge on any atom is -0.345 e. The van der Waals surface area contributed by atoms with Crippen LogP contribution in [0.2, 0.25) is 0 Å². The van der Waals surface area contributed by atoms with Crippen molar-refractivity contribution >= 4 is 5.91 Å². The molecule has 6 heteroatoms. The molecule has 0 aliphatic rings. The van der Waals surface area contributed by atoms with Gasteiger partial charge in [0, 0.05) is 6.20 Å². The van der Waals surface area contributed by atoms with Crippen molar-refractivity contribution in [3.05, 3.63) is 65.0 Å². The van der Waals surface area contributed by atoms with E-state index >= 15 is 0 Å². The lowest BCUT2D eigenvalue weighted by atomic mass is 10.1. The molecular formula is C15H11F2N3O. The highest BCUT2D eigenvalue weighted by Crippen LogP contribution is 2.15. The van der Waals surface area contributed by atoms with Crippen molar-refractivity contribution < 1.29 is 13.6 Å². The summed E-state index contributed by atoms with van der Waals surface area (Å²) in [7, 11) is 0. The molecule has 106 valence electrons. The number of carbonyl (C=O) groups is 1. The molecule has 0 saturated carbocycles. The topological polar surface area (TPSA) is 65.8 Å². The number of carbonyl (C=O) groups excluding carboxylic acids is 1. The lowest BCUT2D eigenvalue weighted by molar-refractivity contribution is 0.0935. The van der Waals surface area contributed by atoms with Crippen molar-refractivity contribution in [3.8, 4) is 6.07 Å². The summed E-state index contributed by atoms with van der Waals surface area (Å²) in [5.41, 5.74) is 0.466. The lowest BCUT2D eigenvalue weighted by Crippen LogP contribution is -2.27. The number of hydrogen-bond acceptors (Lipinski definition) is 3. The number of nitrogens with one attached hydrogen (secondary N) is 1. The molecule has 4 nitrogen and oxygen atoms in total. The summed E-state index contributed by atoms with van der Waals surface area (Å²) in [5, 5.41) is 11.3. The van der Waals surface area contributed by atoms with Crippen molar-refractivity contribution in [3.63, 3.8) is 0 Å². The van der Waals surface area contributed by atoms with E-state index < -0.39 is 17.9 Å². The third kappa shape index (κ3) is 3.39. The summed E-state index contributed by atoms with van der Waals surface area (Å²) in [6.07, 6.45) is 1.05. The fourth-order valence-corrected chi connectivity index (χ4v) is 1.78. The number of nitrogens with zero attached hydrogens (tertiary/aromatic N) is 2. The van der Waals surface area contributed by atoms with Crippen LogP contribution in [0.5, 0.6) is 0 Å². The van der Waals surface area contributed by atoms with Gasteiger partial charge in [-0.2, -0.15) is 9.65 Å². The summed E-state index contributed by atoms with van der Waals surface area (Å²) in [6, 6.07) is 8.09. The first-order chi connectivity index (χ1) is 10.0. The third-order valence-corrected chi connectivity index (χ3v) is 2.93. The number of nitriles is 1. The average molecular weight is 287 g/mol. The van der Waals surface area contributed by atoms with Crippen LogP contribution in [0.4, 0.5) is 8.78 Å². The standard InChI is InChI=1S/C15H11F2N3O/c1-9(11-2-4-12(16)5-3-11)20-15(21)13-6-10(7-18)8-19-14(13)17/h2-6,8-9H,1H3,(H,20,21)/t9-/m0/s1. The Labute approximate surface area is 120 Å². The van der Waals surface area contributed by atoms with E-state index in [1.165, 1.54) is 24.3 Å². The fourth-order valence-electron chi connectivity index (χ4n) is 1.78. The Morgan fingerprint density at radius 3 is 2.62 bits per heavy atom. The van der Waals surface area contributed by atoms with Crippen LogP contribution in [-0.4, -0.2) is 10.9 Å². The number of hydrogen-bond donors (Lipinski definition) is 1. The second-order valence-corrected chi connectivity index (χ2v) is 4.42. The molecule has 2 rings (SSSR count). The molecule has 1 N–H and O–H groups in total. The molecule has 0 aliphatic carbocycles. The van der Waals surface area contributed by atoms with Gasteiger partial charge in [0.15, 0.2) is 0 Å². The molecule has 1 atom stereocenters. The Bertz CT molecular complexity index is 708. The zero-order chi connectivity index (χ0) is 15.4. The minimum absolute atomic E-state index is 0.0935. The molecule has 1 heterocycles. The molecule has 0 saturated heterocycles. The van der Waals surface area contributed by atoms with Crippen LogP contribution < -0.4 is 5.32 Å². The quantitative estimate of drug-likeness (QED) is 0.883. The Hall–Kier alpha value is -2.81. The maximum absolute atomic E-state index is 13.5. The van der Waals surface area contributed by atoms with Crippen molar-refractivity contribution in [2.75, 3.05) is 0 Å². The Balaban J connectivity index is 2.18. The molecule has 1 aromatic heterocycles. The van der Waals surface area contributed by atoms with Crippen LogP contribution in [0.25, 0.3) is 0 Å². The maximum atomic E-state index is 13.5. The van der Waals surface area contributed by atoms with Gasteiger partial charge < -0.3 is 5.32 Å². The zero-order valence-electron chi connectivity index (χ0n) is 11.1. The van der Waals surface area contributed by atoms with E-state index in [9.17, 15) is 13.6 Å². The van der Waals surface area contributed by atoms with E-state index in [1.54, 1.807) is 13.0 Å². The monoisotopic (exact) mass is 287 g/mol. The molecule has 1 aromatic carbocycles. The van der Waals surface area contributed by atoms with Crippen LogP contribution in [0.1, 0.15) is 34.5 Å². The normalized spacial score (nSPS) is 11.5. The molecule has 0 radical (unpaired) electrons. The molecule has 21 heavy (non-hydrogen) atoms. The highest BCUT2D eigenvalue weighted by Gasteiger charge is 2.17. The molecular weight excluding hydrogens is 276 g/mol. The van der Waals surface area contributed by atoms with Crippen LogP contribution in [0.3, 0.4) is 0 Å². The molecule has 0 fully saturated rings. The third-order valence-electron chi connectivity index (χ3n) is 2.93. The first-order valence-corrected chi connectivity index (χ1v) is 6.13. The van der Waals surface area contributed by atoms with E-state index in [4.69, 9.17) is 5.26 Å². The fraction of sp³-hybridized carbons (Fsp3) is 0.133. The van der Waals surface area contributed by atoms with E-state index in [-0.39, 0.29) is 16.9 Å². The average Bonchev–Trinajstić information content (AvgIpc) is 2.48. The summed E-state index contributed by atoms with van der Waals surface area (Å²) in [6.45, 7) is 1.69. The first kappa shape index (κ1) is 14.6. The number of rotatable bonds is 3. The summed E-state index contributed by atoms with van der Waals surface area (Å²) in [4.78, 5) is 15.4. The largest absolute Gasteiger partial charge is 0.345 e. The number of benzene rings is 1. The van der Waals surface area contributed by atoms with Gasteiger partial charge in [0.05, 0.1) is 17.2 Å². The highest BCUT2D eigenvalue weighted by atomic mass is 19.1. The van der Waals surface area contributed by atoms with Gasteiger partial charge in [-0.15, -0.1) is 0 Å². The number of aromatic nitrogens is 1. The van der Waals surface area contributed by atoms with Crippen LogP contribution >= 0.6 is 0 Å². The van der Waals surface area contributed by atoms with E-state index in [0.29, 0.717) is 5.56 Å². The SMILES string of the molecule is C[C@H](NC(=O)c1cc(C#N)cnc1F)c1ccc(F)cc1. The summed E-state index contributed by atoms with van der Waals surface area (Å²) >= 11 is 0. The zero-order valence-corrected chi connectivity index (χ0v) is 11.1. The minimum atomic E-state index is -0.946. The van der Waals surface area contributed by atoms with Gasteiger partial charge in [-0.3, -0.25) is 4.79 Å². The van der Waals surface area contributed by atoms with Gasteiger partial charge in [-0.25, -0.2) is 9.37 Å². The predicted octanol–water partition coefficient (Wildman–Crippen LogP) is 2.72. The second kappa shape index (κ2) is 6.09. The smallest absolute Gasteiger partial charge is 0.256 e. The molecule has 0 aliphatic heterocycles. The van der Waals surface area contributed by atoms with E-state index in [0.717, 1.165) is 12.3 Å². The van der Waals surface area contributed by atoms with Crippen molar-refractivity contribution in [1.82, 2.24) is 10.3 Å². The van der Waals surface area contributed by atoms with Crippen LogP contribution in [0.15, 0.2) is 36.5 Å².